The van der Waals surface area contributed by atoms with E-state index in [2.05, 4.69) is 6.58 Å². The van der Waals surface area contributed by atoms with Crippen molar-refractivity contribution < 1.29 is 67.1 Å². The summed E-state index contributed by atoms with van der Waals surface area (Å²) in [6.07, 6.45) is 2.50. The topological polar surface area (TPSA) is 20.2 Å². The molecule has 0 aliphatic carbocycles. The summed E-state index contributed by atoms with van der Waals surface area (Å²) in [6, 6.07) is 7.27. The second-order valence-corrected chi connectivity index (χ2v) is 2.12. The minimum absolute atomic E-state index is 0. The fourth-order valence-corrected chi connectivity index (χ4v) is 0.839. The molecule has 56 valence electrons. The van der Waals surface area contributed by atoms with Crippen LogP contribution >= 0.6 is 0 Å². The van der Waals surface area contributed by atoms with Crippen LogP contribution < -0.4 is 59.1 Å². The van der Waals surface area contributed by atoms with Gasteiger partial charge in [-0.1, -0.05) is 24.3 Å². The van der Waals surface area contributed by atoms with E-state index >= 15 is 0 Å². The SMILES string of the molecule is C=CCc1ccccc1O.[H-].[H-].[Na+].[Na+]. The van der Waals surface area contributed by atoms with Crippen LogP contribution in [0.2, 0.25) is 0 Å². The van der Waals surface area contributed by atoms with Crippen molar-refractivity contribution in [2.24, 2.45) is 0 Å². The molecule has 0 atom stereocenters. The Hall–Kier alpha value is 0.760. The van der Waals surface area contributed by atoms with Crippen LogP contribution in [0.5, 0.6) is 5.75 Å². The molecule has 1 aromatic carbocycles. The Bertz CT molecular complexity index is 244. The molecule has 1 N–H and O–H groups in total. The van der Waals surface area contributed by atoms with Crippen LogP contribution in [0, 0.1) is 0 Å². The first-order chi connectivity index (χ1) is 4.84. The average Bonchev–Trinajstić information content (AvgIpc) is 1.94. The third-order valence-corrected chi connectivity index (χ3v) is 1.36. The maximum Gasteiger partial charge on any atom is 1.00 e. The summed E-state index contributed by atoms with van der Waals surface area (Å²) in [6.45, 7) is 3.59. The molecule has 0 saturated carbocycles. The zero-order valence-corrected chi connectivity index (χ0v) is 11.7. The van der Waals surface area contributed by atoms with Gasteiger partial charge in [0.1, 0.15) is 5.75 Å². The van der Waals surface area contributed by atoms with E-state index in [1.165, 1.54) is 0 Å². The van der Waals surface area contributed by atoms with E-state index in [1.807, 2.05) is 18.2 Å². The third kappa shape index (κ3) is 4.70. The van der Waals surface area contributed by atoms with Crippen molar-refractivity contribution in [1.82, 2.24) is 0 Å². The normalized spacial score (nSPS) is 7.67. The van der Waals surface area contributed by atoms with E-state index in [9.17, 15) is 5.11 Å². The van der Waals surface area contributed by atoms with Gasteiger partial charge in [-0.3, -0.25) is 0 Å². The molecule has 1 aromatic rings. The molecule has 0 bridgehead atoms. The molecule has 0 fully saturated rings. The number of phenolic OH excluding ortho intramolecular Hbond substituents is 1. The van der Waals surface area contributed by atoms with Crippen LogP contribution in [-0.4, -0.2) is 5.11 Å². The number of phenols is 1. The van der Waals surface area contributed by atoms with Crippen molar-refractivity contribution in [3.05, 3.63) is 42.5 Å². The van der Waals surface area contributed by atoms with Crippen molar-refractivity contribution in [3.8, 4) is 5.75 Å². The molecule has 0 aliphatic heterocycles. The zero-order valence-electron chi connectivity index (χ0n) is 9.75. The summed E-state index contributed by atoms with van der Waals surface area (Å²) in [7, 11) is 0. The Labute approximate surface area is 120 Å². The fourth-order valence-electron chi connectivity index (χ4n) is 0.839. The van der Waals surface area contributed by atoms with Gasteiger partial charge in [-0.05, 0) is 18.1 Å². The smallest absolute Gasteiger partial charge is 1.00 e. The van der Waals surface area contributed by atoms with E-state index < -0.39 is 0 Å². The number of hydrogen-bond donors (Lipinski definition) is 1. The van der Waals surface area contributed by atoms with Crippen molar-refractivity contribution >= 4 is 0 Å². The second kappa shape index (κ2) is 8.36. The van der Waals surface area contributed by atoms with Gasteiger partial charge in [-0.2, -0.15) is 0 Å². The van der Waals surface area contributed by atoms with Gasteiger partial charge in [0.25, 0.3) is 0 Å². The van der Waals surface area contributed by atoms with Crippen molar-refractivity contribution in [3.63, 3.8) is 0 Å². The van der Waals surface area contributed by atoms with Crippen LogP contribution in [0.25, 0.3) is 0 Å². The Morgan fingerprint density at radius 3 is 2.42 bits per heavy atom. The summed E-state index contributed by atoms with van der Waals surface area (Å²) in [5, 5.41) is 9.19. The van der Waals surface area contributed by atoms with Gasteiger partial charge in [0.15, 0.2) is 0 Å². The number of para-hydroxylation sites is 1. The summed E-state index contributed by atoms with van der Waals surface area (Å²) in [5.41, 5.74) is 0.928. The van der Waals surface area contributed by atoms with Crippen molar-refractivity contribution in [2.45, 2.75) is 6.42 Å². The van der Waals surface area contributed by atoms with Gasteiger partial charge < -0.3 is 7.96 Å². The zero-order chi connectivity index (χ0) is 7.40. The maximum absolute atomic E-state index is 9.19. The first-order valence-electron chi connectivity index (χ1n) is 3.22. The standard InChI is InChI=1S/C9H10O.2Na.2H/c1-2-5-8-6-3-4-7-9(8)10;;;;/h2-4,6-7,10H,1,5H2;;;;/q;2*+1;2*-1. The molecule has 0 radical (unpaired) electrons. The minimum atomic E-state index is 0. The summed E-state index contributed by atoms with van der Waals surface area (Å²) < 4.78 is 0. The second-order valence-electron chi connectivity index (χ2n) is 2.12. The molecule has 12 heavy (non-hydrogen) atoms. The summed E-state index contributed by atoms with van der Waals surface area (Å²) in [4.78, 5) is 0. The molecule has 0 amide bonds. The van der Waals surface area contributed by atoms with Crippen LogP contribution in [0.15, 0.2) is 36.9 Å². The minimum Gasteiger partial charge on any atom is -1.00 e. The van der Waals surface area contributed by atoms with Gasteiger partial charge in [-0.25, -0.2) is 0 Å². The number of benzene rings is 1. The van der Waals surface area contributed by atoms with E-state index in [0.29, 0.717) is 5.75 Å². The number of hydrogen-bond acceptors (Lipinski definition) is 1. The predicted molar refractivity (Wildman–Crippen MR) is 44.2 cm³/mol. The first-order valence-corrected chi connectivity index (χ1v) is 3.22. The van der Waals surface area contributed by atoms with Crippen molar-refractivity contribution in [1.29, 1.82) is 0 Å². The molecule has 0 heterocycles. The van der Waals surface area contributed by atoms with Gasteiger partial charge in [0, 0.05) is 0 Å². The molecule has 3 heteroatoms. The number of rotatable bonds is 2. The molecule has 0 aromatic heterocycles. The van der Waals surface area contributed by atoms with Gasteiger partial charge >= 0.3 is 59.1 Å². The van der Waals surface area contributed by atoms with Gasteiger partial charge in [0.2, 0.25) is 0 Å². The van der Waals surface area contributed by atoms with Gasteiger partial charge in [0.05, 0.1) is 0 Å². The molecular formula is C9H12Na2O. The van der Waals surface area contributed by atoms with Crippen LogP contribution in [0.4, 0.5) is 0 Å². The Kier molecular flexibility index (Phi) is 10.6. The molecule has 0 aliphatic rings. The van der Waals surface area contributed by atoms with Crippen LogP contribution in [0.3, 0.4) is 0 Å². The molecular weight excluding hydrogens is 170 g/mol. The van der Waals surface area contributed by atoms with Crippen LogP contribution in [-0.2, 0) is 6.42 Å². The Balaban J connectivity index is -0.000000125. The summed E-state index contributed by atoms with van der Waals surface area (Å²) in [5.74, 6) is 0.349. The molecule has 0 spiro atoms. The average molecular weight is 182 g/mol. The maximum atomic E-state index is 9.19. The number of allylic oxidation sites excluding steroid dienone is 1. The first kappa shape index (κ1) is 15.2. The largest absolute Gasteiger partial charge is 1.00 e. The Morgan fingerprint density at radius 2 is 1.92 bits per heavy atom. The van der Waals surface area contributed by atoms with E-state index in [4.69, 9.17) is 0 Å². The monoisotopic (exact) mass is 182 g/mol. The summed E-state index contributed by atoms with van der Waals surface area (Å²) >= 11 is 0. The third-order valence-electron chi connectivity index (χ3n) is 1.36. The van der Waals surface area contributed by atoms with E-state index in [0.717, 1.165) is 12.0 Å². The van der Waals surface area contributed by atoms with Gasteiger partial charge in [-0.15, -0.1) is 6.58 Å². The van der Waals surface area contributed by atoms with Crippen LogP contribution in [0.1, 0.15) is 8.42 Å². The Morgan fingerprint density at radius 1 is 1.33 bits per heavy atom. The molecule has 0 unspecified atom stereocenters. The van der Waals surface area contributed by atoms with E-state index in [-0.39, 0.29) is 62.0 Å². The van der Waals surface area contributed by atoms with E-state index in [1.54, 1.807) is 12.1 Å². The quantitative estimate of drug-likeness (QED) is 0.369. The molecule has 0 saturated heterocycles. The van der Waals surface area contributed by atoms with Crippen molar-refractivity contribution in [2.75, 3.05) is 0 Å². The molecule has 1 nitrogen and oxygen atoms in total. The number of aromatic hydroxyl groups is 1. The fraction of sp³-hybridized carbons (Fsp3) is 0.111. The predicted octanol–water partition coefficient (Wildman–Crippen LogP) is -3.65. The molecule has 1 rings (SSSR count).